The van der Waals surface area contributed by atoms with Crippen LogP contribution in [0.3, 0.4) is 0 Å². The molecule has 2 aromatic heterocycles. The molecule has 0 bridgehead atoms. The third kappa shape index (κ3) is 7.00. The second kappa shape index (κ2) is 13.0. The Morgan fingerprint density at radius 1 is 0.786 bits per heavy atom. The molecule has 0 spiro atoms. The highest BCUT2D eigenvalue weighted by Gasteiger charge is 2.31. The van der Waals surface area contributed by atoms with Crippen molar-refractivity contribution in [2.24, 2.45) is 0 Å². The first kappa shape index (κ1) is 24.7. The van der Waals surface area contributed by atoms with Crippen molar-refractivity contribution in [1.29, 1.82) is 0 Å². The Kier molecular flexibility index (Phi) is 11.5. The van der Waals surface area contributed by atoms with E-state index in [2.05, 4.69) is 13.8 Å². The van der Waals surface area contributed by atoms with Crippen molar-refractivity contribution >= 4 is 104 Å². The first-order chi connectivity index (χ1) is 13.5. The van der Waals surface area contributed by atoms with Gasteiger partial charge in [-0.15, -0.1) is 0 Å². The monoisotopic (exact) mass is 532 g/mol. The number of esters is 2. The highest BCUT2D eigenvalue weighted by molar-refractivity contribution is 8.07. The predicted molar refractivity (Wildman–Crippen MR) is 130 cm³/mol. The molecular formula is C16H20O4S8+2. The van der Waals surface area contributed by atoms with Crippen LogP contribution in [0, 0.1) is 0 Å². The zero-order valence-electron chi connectivity index (χ0n) is 15.7. The fourth-order valence-electron chi connectivity index (χ4n) is 1.78. The number of methoxy groups -OCH3 is 2. The lowest BCUT2D eigenvalue weighted by molar-refractivity contribution is 0.0594. The minimum Gasteiger partial charge on any atom is -0.463 e. The maximum Gasteiger partial charge on any atom is 0.375 e. The first-order valence-electron chi connectivity index (χ1n) is 8.15. The van der Waals surface area contributed by atoms with E-state index in [0.717, 1.165) is 31.4 Å². The summed E-state index contributed by atoms with van der Waals surface area (Å²) >= 11 is 13.2. The average Bonchev–Trinajstić information content (AvgIpc) is 3.28. The maximum atomic E-state index is 12.0. The van der Waals surface area contributed by atoms with Crippen molar-refractivity contribution in [3.05, 3.63) is 9.75 Å². The second-order valence-corrected chi connectivity index (χ2v) is 15.6. The Hall–Kier alpha value is 0.440. The van der Waals surface area contributed by atoms with Gasteiger partial charge in [-0.2, -0.15) is 0 Å². The van der Waals surface area contributed by atoms with Gasteiger partial charge in [-0.05, 0) is 0 Å². The smallest absolute Gasteiger partial charge is 0.375 e. The molecule has 4 nitrogen and oxygen atoms in total. The molecule has 0 saturated heterocycles. The summed E-state index contributed by atoms with van der Waals surface area (Å²) in [7, 11) is 2.84. The summed E-state index contributed by atoms with van der Waals surface area (Å²) in [5, 5.41) is 0. The maximum absolute atomic E-state index is 12.0. The number of carbonyl (C=O) groups is 2. The van der Waals surface area contributed by atoms with Crippen molar-refractivity contribution in [1.82, 2.24) is 0 Å². The van der Waals surface area contributed by atoms with Crippen molar-refractivity contribution in [3.8, 4) is 0 Å². The van der Waals surface area contributed by atoms with Crippen LogP contribution in [-0.2, 0) is 9.47 Å². The van der Waals surface area contributed by atoms with Gasteiger partial charge in [0.05, 0.1) is 14.2 Å². The number of ether oxygens (including phenoxy) is 2. The largest absolute Gasteiger partial charge is 0.463 e. The molecule has 0 aliphatic carbocycles. The number of hydrogen-bond acceptors (Lipinski definition) is 10. The van der Waals surface area contributed by atoms with Gasteiger partial charge in [0.2, 0.25) is 8.42 Å². The second-order valence-electron chi connectivity index (χ2n) is 4.69. The minimum absolute atomic E-state index is 0.270. The molecule has 2 aromatic rings. The van der Waals surface area contributed by atoms with Crippen LogP contribution in [0.1, 0.15) is 33.2 Å². The van der Waals surface area contributed by atoms with Crippen LogP contribution in [0.25, 0.3) is 0 Å². The van der Waals surface area contributed by atoms with Gasteiger partial charge in [-0.3, -0.25) is 0 Å². The Labute approximate surface area is 198 Å². The summed E-state index contributed by atoms with van der Waals surface area (Å²) in [5.74, 6) is 3.11. The van der Waals surface area contributed by atoms with Gasteiger partial charge in [-0.25, -0.2) is 9.59 Å². The van der Waals surface area contributed by atoms with Gasteiger partial charge in [0, 0.05) is 23.0 Å². The van der Waals surface area contributed by atoms with Crippen LogP contribution in [-0.4, -0.2) is 49.2 Å². The summed E-state index contributed by atoms with van der Waals surface area (Å²) in [5.41, 5.74) is 0. The van der Waals surface area contributed by atoms with Gasteiger partial charge >= 0.3 is 19.0 Å². The lowest BCUT2D eigenvalue weighted by Crippen LogP contribution is -2.00. The molecule has 0 saturated carbocycles. The normalized spacial score (nSPS) is 10.9. The molecule has 0 aromatic carbocycles. The van der Waals surface area contributed by atoms with Gasteiger partial charge < -0.3 is 9.47 Å². The highest BCUT2D eigenvalue weighted by atomic mass is 32.2. The molecule has 0 aliphatic rings. The Morgan fingerprint density at radius 3 is 1.50 bits per heavy atom. The summed E-state index contributed by atoms with van der Waals surface area (Å²) in [4.78, 5) is 25.5. The summed E-state index contributed by atoms with van der Waals surface area (Å²) in [6.45, 7) is 4.20. The molecule has 0 fully saturated rings. The quantitative estimate of drug-likeness (QED) is 0.131. The third-order valence-corrected chi connectivity index (χ3v) is 13.7. The van der Waals surface area contributed by atoms with E-state index in [9.17, 15) is 9.59 Å². The molecule has 28 heavy (non-hydrogen) atoms. The topological polar surface area (TPSA) is 52.6 Å². The van der Waals surface area contributed by atoms with Crippen molar-refractivity contribution in [2.75, 3.05) is 37.2 Å². The van der Waals surface area contributed by atoms with Gasteiger partial charge in [0.25, 0.3) is 9.75 Å². The molecule has 0 atom stereocenters. The lowest BCUT2D eigenvalue weighted by atomic mass is 10.6. The van der Waals surface area contributed by atoms with Crippen molar-refractivity contribution in [2.45, 2.75) is 29.3 Å². The van der Waals surface area contributed by atoms with Crippen LogP contribution in [0.4, 0.5) is 0 Å². The fraction of sp³-hybridized carbons (Fsp3) is 0.500. The number of rotatable bonds is 11. The Bertz CT molecular complexity index is 734. The van der Waals surface area contributed by atoms with Crippen molar-refractivity contribution < 1.29 is 19.1 Å². The molecule has 12 heteroatoms. The standard InChI is InChI=1S/C16H20O4S8/c1-5-21-15-25-9(11(17)19-3)13(27-15)23-7-8-24-14-10(12(18)20-4)26-16(28-14)22-6-2/h5-8H2,1-4H3/q+2. The predicted octanol–water partition coefficient (Wildman–Crippen LogP) is 7.18. The Balaban J connectivity index is 2.01. The zero-order valence-corrected chi connectivity index (χ0v) is 22.3. The van der Waals surface area contributed by atoms with Crippen LogP contribution in [0.15, 0.2) is 15.5 Å². The SMILES string of the molecule is CCSc1sc(C(=O)OC)c(SCCSc2[s+]c(SCC)sc2C(=O)OC)[s+]1. The average molecular weight is 533 g/mol. The number of hydrogen-bond donors (Lipinski definition) is 0. The Morgan fingerprint density at radius 2 is 1.18 bits per heavy atom. The molecule has 0 amide bonds. The van der Waals surface area contributed by atoms with Gasteiger partial charge in [-0.1, -0.05) is 60.9 Å². The van der Waals surface area contributed by atoms with E-state index < -0.39 is 0 Å². The van der Waals surface area contributed by atoms with Crippen LogP contribution < -0.4 is 0 Å². The van der Waals surface area contributed by atoms with Gasteiger partial charge in [0.15, 0.2) is 0 Å². The van der Waals surface area contributed by atoms with E-state index in [0.29, 0.717) is 9.75 Å². The zero-order chi connectivity index (χ0) is 20.5. The summed E-state index contributed by atoms with van der Waals surface area (Å²) in [6.07, 6.45) is 0. The van der Waals surface area contributed by atoms with Gasteiger partial charge in [0.1, 0.15) is 45.3 Å². The number of carbonyl (C=O) groups excluding carboxylic acids is 2. The third-order valence-electron chi connectivity index (χ3n) is 2.91. The summed E-state index contributed by atoms with van der Waals surface area (Å²) in [6, 6.07) is 0. The van der Waals surface area contributed by atoms with Crippen LogP contribution in [0.5, 0.6) is 0 Å². The molecular weight excluding hydrogens is 513 g/mol. The molecule has 0 aliphatic heterocycles. The van der Waals surface area contributed by atoms with Crippen molar-refractivity contribution in [3.63, 3.8) is 0 Å². The van der Waals surface area contributed by atoms with E-state index >= 15 is 0 Å². The molecule has 0 unspecified atom stereocenters. The van der Waals surface area contributed by atoms with E-state index in [1.165, 1.54) is 43.9 Å². The van der Waals surface area contributed by atoms with Crippen LogP contribution >= 0.6 is 92.4 Å². The van der Waals surface area contributed by atoms with E-state index in [-0.39, 0.29) is 11.9 Å². The highest BCUT2D eigenvalue weighted by Crippen LogP contribution is 2.44. The summed E-state index contributed by atoms with van der Waals surface area (Å²) < 4.78 is 14.2. The van der Waals surface area contributed by atoms with E-state index in [1.807, 2.05) is 0 Å². The molecule has 2 heterocycles. The van der Waals surface area contributed by atoms with Crippen LogP contribution in [0.2, 0.25) is 0 Å². The minimum atomic E-state index is -0.270. The molecule has 0 radical (unpaired) electrons. The lowest BCUT2D eigenvalue weighted by Gasteiger charge is -1.97. The van der Waals surface area contributed by atoms with E-state index in [4.69, 9.17) is 9.47 Å². The van der Waals surface area contributed by atoms with E-state index in [1.54, 1.807) is 69.7 Å². The molecule has 0 N–H and O–H groups in total. The first-order valence-corrected chi connectivity index (χ1v) is 15.4. The number of thioether (sulfide) groups is 4. The fourth-order valence-corrected chi connectivity index (χ4v) is 13.1. The molecule has 154 valence electrons. The molecule has 2 rings (SSSR count).